The van der Waals surface area contributed by atoms with E-state index in [0.29, 0.717) is 10.5 Å². The first-order chi connectivity index (χ1) is 13.1. The number of carboxylic acids is 1. The molecule has 1 aliphatic rings. The second-order valence-electron chi connectivity index (χ2n) is 6.75. The molecule has 10 heteroatoms. The number of benzene rings is 1. The molecular weight excluding hydrogens is 379 g/mol. The van der Waals surface area contributed by atoms with Crippen molar-refractivity contribution in [1.29, 1.82) is 0 Å². The van der Waals surface area contributed by atoms with Gasteiger partial charge in [0, 0.05) is 36.5 Å². The lowest BCUT2D eigenvalue weighted by Gasteiger charge is -2.19. The lowest BCUT2D eigenvalue weighted by atomic mass is 10.0. The molecule has 3 rings (SSSR count). The minimum Gasteiger partial charge on any atom is -0.480 e. The van der Waals surface area contributed by atoms with E-state index >= 15 is 0 Å². The van der Waals surface area contributed by atoms with E-state index in [1.165, 1.54) is 0 Å². The zero-order chi connectivity index (χ0) is 20.5. The number of aromatic amines is 1. The summed E-state index contributed by atoms with van der Waals surface area (Å²) in [5.41, 5.74) is 1.50. The lowest BCUT2D eigenvalue weighted by molar-refractivity contribution is -0.157. The lowest BCUT2D eigenvalue weighted by Crippen LogP contribution is -2.45. The average Bonchev–Trinajstić information content (AvgIpc) is 3.17. The van der Waals surface area contributed by atoms with Gasteiger partial charge in [0.05, 0.1) is 5.92 Å². The molecule has 0 saturated carbocycles. The molecule has 0 aliphatic carbocycles. The standard InChI is InChI=1S/C18H18F3N3O4/c19-18(20,21)9-24-8-11(6-15(24)25)16(26)23-14(17(27)28)5-10-7-22-13-4-2-1-3-12(10)13/h1-4,7,11,14,22H,5-6,8-9H2,(H,23,26)(H,27,28)/t11-,14-/m1/s1. The number of nitrogens with zero attached hydrogens (tertiary/aromatic N) is 1. The highest BCUT2D eigenvalue weighted by atomic mass is 19.4. The maximum Gasteiger partial charge on any atom is 0.406 e. The van der Waals surface area contributed by atoms with E-state index in [0.717, 1.165) is 10.9 Å². The minimum absolute atomic E-state index is 0.00197. The molecule has 0 radical (unpaired) electrons. The van der Waals surface area contributed by atoms with E-state index in [4.69, 9.17) is 0 Å². The number of carboxylic acid groups (broad SMARTS) is 1. The zero-order valence-corrected chi connectivity index (χ0v) is 14.6. The van der Waals surface area contributed by atoms with Crippen LogP contribution in [0.5, 0.6) is 0 Å². The van der Waals surface area contributed by atoms with Crippen LogP contribution in [-0.2, 0) is 20.8 Å². The molecule has 2 amide bonds. The van der Waals surface area contributed by atoms with Crippen LogP contribution in [0.3, 0.4) is 0 Å². The summed E-state index contributed by atoms with van der Waals surface area (Å²) in [5.74, 6) is -3.80. The Labute approximate surface area is 157 Å². The number of aliphatic carboxylic acids is 1. The molecule has 0 spiro atoms. The van der Waals surface area contributed by atoms with E-state index in [9.17, 15) is 32.7 Å². The maximum atomic E-state index is 12.5. The van der Waals surface area contributed by atoms with Crippen LogP contribution in [0, 0.1) is 5.92 Å². The second-order valence-corrected chi connectivity index (χ2v) is 6.75. The number of hydrogen-bond donors (Lipinski definition) is 3. The van der Waals surface area contributed by atoms with E-state index in [1.54, 1.807) is 12.3 Å². The van der Waals surface area contributed by atoms with Gasteiger partial charge in [-0.15, -0.1) is 0 Å². The van der Waals surface area contributed by atoms with Gasteiger partial charge in [0.25, 0.3) is 0 Å². The molecule has 1 fully saturated rings. The summed E-state index contributed by atoms with van der Waals surface area (Å²) in [6.45, 7) is -1.81. The fourth-order valence-electron chi connectivity index (χ4n) is 3.33. The third kappa shape index (κ3) is 4.44. The molecule has 2 atom stereocenters. The number of likely N-dealkylation sites (tertiary alicyclic amines) is 1. The summed E-state index contributed by atoms with van der Waals surface area (Å²) >= 11 is 0. The van der Waals surface area contributed by atoms with Crippen LogP contribution in [0.25, 0.3) is 10.9 Å². The number of aromatic nitrogens is 1. The van der Waals surface area contributed by atoms with Gasteiger partial charge in [-0.3, -0.25) is 9.59 Å². The van der Waals surface area contributed by atoms with Crippen LogP contribution >= 0.6 is 0 Å². The van der Waals surface area contributed by atoms with Gasteiger partial charge in [-0.1, -0.05) is 18.2 Å². The molecule has 1 aromatic heterocycles. The van der Waals surface area contributed by atoms with Gasteiger partial charge in [-0.25, -0.2) is 4.79 Å². The molecule has 2 aromatic rings. The number of carbonyl (C=O) groups excluding carboxylic acids is 2. The van der Waals surface area contributed by atoms with Gasteiger partial charge in [-0.2, -0.15) is 13.2 Å². The molecule has 1 aromatic carbocycles. The van der Waals surface area contributed by atoms with Crippen LogP contribution in [0.15, 0.2) is 30.5 Å². The smallest absolute Gasteiger partial charge is 0.406 e. The predicted octanol–water partition coefficient (Wildman–Crippen LogP) is 1.69. The van der Waals surface area contributed by atoms with Crippen LogP contribution in [0.4, 0.5) is 13.2 Å². The van der Waals surface area contributed by atoms with Crippen molar-refractivity contribution in [2.75, 3.05) is 13.1 Å². The first kappa shape index (κ1) is 19.7. The quantitative estimate of drug-likeness (QED) is 0.690. The molecule has 0 unspecified atom stereocenters. The molecule has 28 heavy (non-hydrogen) atoms. The molecule has 150 valence electrons. The Morgan fingerprint density at radius 1 is 1.32 bits per heavy atom. The number of halogens is 3. The van der Waals surface area contributed by atoms with Crippen molar-refractivity contribution in [3.05, 3.63) is 36.0 Å². The average molecular weight is 397 g/mol. The molecule has 7 nitrogen and oxygen atoms in total. The summed E-state index contributed by atoms with van der Waals surface area (Å²) in [6.07, 6.45) is -3.28. The Morgan fingerprint density at radius 3 is 2.71 bits per heavy atom. The molecule has 0 bridgehead atoms. The summed E-state index contributed by atoms with van der Waals surface area (Å²) in [5, 5.41) is 12.6. The number of fused-ring (bicyclic) bond motifs is 1. The fourth-order valence-corrected chi connectivity index (χ4v) is 3.33. The van der Waals surface area contributed by atoms with Gasteiger partial charge < -0.3 is 20.3 Å². The first-order valence-electron chi connectivity index (χ1n) is 8.57. The largest absolute Gasteiger partial charge is 0.480 e. The van der Waals surface area contributed by atoms with E-state index in [2.05, 4.69) is 10.3 Å². The zero-order valence-electron chi connectivity index (χ0n) is 14.6. The van der Waals surface area contributed by atoms with Crippen molar-refractivity contribution < 1.29 is 32.7 Å². The maximum absolute atomic E-state index is 12.5. The van der Waals surface area contributed by atoms with Gasteiger partial charge in [0.1, 0.15) is 12.6 Å². The van der Waals surface area contributed by atoms with Gasteiger partial charge in [-0.05, 0) is 11.6 Å². The monoisotopic (exact) mass is 397 g/mol. The van der Waals surface area contributed by atoms with Gasteiger partial charge >= 0.3 is 12.1 Å². The van der Waals surface area contributed by atoms with Crippen LogP contribution < -0.4 is 5.32 Å². The Kier molecular flexibility index (Phi) is 5.30. The Bertz CT molecular complexity index is 909. The first-order valence-corrected chi connectivity index (χ1v) is 8.57. The summed E-state index contributed by atoms with van der Waals surface area (Å²) in [7, 11) is 0. The predicted molar refractivity (Wildman–Crippen MR) is 92.3 cm³/mol. The molecular formula is C18H18F3N3O4. The normalized spacial score (nSPS) is 18.5. The minimum atomic E-state index is -4.56. The number of rotatable bonds is 6. The summed E-state index contributed by atoms with van der Waals surface area (Å²) in [6, 6.07) is 5.99. The second kappa shape index (κ2) is 7.53. The van der Waals surface area contributed by atoms with E-state index in [1.807, 2.05) is 18.2 Å². The number of amides is 2. The molecule has 3 N–H and O–H groups in total. The number of para-hydroxylation sites is 1. The number of H-pyrrole nitrogens is 1. The van der Waals surface area contributed by atoms with Crippen molar-refractivity contribution in [3.8, 4) is 0 Å². The van der Waals surface area contributed by atoms with E-state index in [-0.39, 0.29) is 19.4 Å². The van der Waals surface area contributed by atoms with Crippen LogP contribution in [-0.4, -0.2) is 58.1 Å². The Morgan fingerprint density at radius 2 is 2.04 bits per heavy atom. The van der Waals surface area contributed by atoms with Gasteiger partial charge in [0.2, 0.25) is 11.8 Å². The fraction of sp³-hybridized carbons (Fsp3) is 0.389. The highest BCUT2D eigenvalue weighted by Gasteiger charge is 2.41. The highest BCUT2D eigenvalue weighted by Crippen LogP contribution is 2.24. The molecule has 1 saturated heterocycles. The number of alkyl halides is 3. The third-order valence-electron chi connectivity index (χ3n) is 4.67. The SMILES string of the molecule is O=C(N[C@H](Cc1c[nH]c2ccccc12)C(=O)O)[C@@H]1CC(=O)N(CC(F)(F)F)C1. The topological polar surface area (TPSA) is 102 Å². The van der Waals surface area contributed by atoms with Crippen molar-refractivity contribution in [2.24, 2.45) is 5.92 Å². The Hall–Kier alpha value is -3.04. The highest BCUT2D eigenvalue weighted by molar-refractivity contribution is 5.92. The number of hydrogen-bond acceptors (Lipinski definition) is 3. The summed E-state index contributed by atoms with van der Waals surface area (Å²) in [4.78, 5) is 39.2. The van der Waals surface area contributed by atoms with Crippen LogP contribution in [0.2, 0.25) is 0 Å². The molecule has 2 heterocycles. The molecule has 1 aliphatic heterocycles. The summed E-state index contributed by atoms with van der Waals surface area (Å²) < 4.78 is 37.5. The van der Waals surface area contributed by atoms with Crippen molar-refractivity contribution in [3.63, 3.8) is 0 Å². The number of carbonyl (C=O) groups is 3. The van der Waals surface area contributed by atoms with E-state index < -0.39 is 42.5 Å². The van der Waals surface area contributed by atoms with Crippen molar-refractivity contribution >= 4 is 28.7 Å². The third-order valence-corrected chi connectivity index (χ3v) is 4.67. The van der Waals surface area contributed by atoms with Gasteiger partial charge in [0.15, 0.2) is 0 Å². The van der Waals surface area contributed by atoms with Crippen LogP contribution in [0.1, 0.15) is 12.0 Å². The number of nitrogens with one attached hydrogen (secondary N) is 2. The van der Waals surface area contributed by atoms with Crippen molar-refractivity contribution in [2.45, 2.75) is 25.1 Å². The van der Waals surface area contributed by atoms with Crippen molar-refractivity contribution in [1.82, 2.24) is 15.2 Å². The Balaban J connectivity index is 1.67.